The summed E-state index contributed by atoms with van der Waals surface area (Å²) in [5.41, 5.74) is 6.49. The monoisotopic (exact) mass is 498 g/mol. The molecule has 15 nitrogen and oxygen atoms in total. The van der Waals surface area contributed by atoms with Gasteiger partial charge in [0, 0.05) is 18.3 Å². The first-order chi connectivity index (χ1) is 16.3. The van der Waals surface area contributed by atoms with E-state index >= 15 is 0 Å². The smallest absolute Gasteiger partial charge is 0.326 e. The van der Waals surface area contributed by atoms with Crippen molar-refractivity contribution in [2.45, 2.75) is 63.7 Å². The number of carboxylic acid groups (broad SMARTS) is 3. The summed E-state index contributed by atoms with van der Waals surface area (Å²) < 4.78 is 0. The molecule has 3 amide bonds. The van der Waals surface area contributed by atoms with Crippen LogP contribution in [-0.4, -0.2) is 85.1 Å². The summed E-state index contributed by atoms with van der Waals surface area (Å²) in [5.74, 6) is -7.88. The van der Waals surface area contributed by atoms with E-state index < -0.39 is 78.6 Å². The van der Waals surface area contributed by atoms with Crippen LogP contribution in [0, 0.1) is 5.92 Å². The standard InChI is InChI=1S/C20H30N6O9/c1-3-9(2)16(26-17(31)11(21)4-10-7-22-8-23-10)19(33)24-12(5-14(27)28)18(32)25-13(20(34)35)6-15(29)30/h7-9,11-13,16H,3-6,21H2,1-2H3,(H,22,23)(H,24,33)(H,25,32)(H,26,31)(H,27,28)(H,29,30)(H,34,35). The van der Waals surface area contributed by atoms with Gasteiger partial charge in [0.05, 0.1) is 25.2 Å². The van der Waals surface area contributed by atoms with E-state index in [0.717, 1.165) is 0 Å². The topological polar surface area (TPSA) is 254 Å². The second kappa shape index (κ2) is 13.6. The summed E-state index contributed by atoms with van der Waals surface area (Å²) in [6, 6.07) is -5.82. The van der Waals surface area contributed by atoms with Gasteiger partial charge in [0.25, 0.3) is 0 Å². The number of aromatic amines is 1. The van der Waals surface area contributed by atoms with Crippen LogP contribution in [0.5, 0.6) is 0 Å². The number of carbonyl (C=O) groups excluding carboxylic acids is 3. The van der Waals surface area contributed by atoms with Crippen LogP contribution in [0.4, 0.5) is 0 Å². The summed E-state index contributed by atoms with van der Waals surface area (Å²) in [5, 5.41) is 33.7. The van der Waals surface area contributed by atoms with Crippen LogP contribution < -0.4 is 21.7 Å². The largest absolute Gasteiger partial charge is 0.481 e. The van der Waals surface area contributed by atoms with Gasteiger partial charge in [-0.25, -0.2) is 9.78 Å². The molecule has 194 valence electrons. The molecule has 35 heavy (non-hydrogen) atoms. The lowest BCUT2D eigenvalue weighted by Gasteiger charge is -2.27. The number of imidazole rings is 1. The zero-order valence-corrected chi connectivity index (χ0v) is 19.2. The van der Waals surface area contributed by atoms with Crippen molar-refractivity contribution in [3.63, 3.8) is 0 Å². The molecule has 0 spiro atoms. The zero-order valence-electron chi connectivity index (χ0n) is 19.2. The van der Waals surface area contributed by atoms with Gasteiger partial charge >= 0.3 is 17.9 Å². The molecule has 0 aliphatic heterocycles. The Bertz CT molecular complexity index is 920. The highest BCUT2D eigenvalue weighted by atomic mass is 16.4. The van der Waals surface area contributed by atoms with Crippen LogP contribution >= 0.6 is 0 Å². The molecule has 0 saturated heterocycles. The number of amides is 3. The second-order valence-corrected chi connectivity index (χ2v) is 7.92. The number of carboxylic acids is 3. The summed E-state index contributed by atoms with van der Waals surface area (Å²) in [7, 11) is 0. The van der Waals surface area contributed by atoms with E-state index in [-0.39, 0.29) is 6.42 Å². The van der Waals surface area contributed by atoms with Crippen LogP contribution in [0.3, 0.4) is 0 Å². The summed E-state index contributed by atoms with van der Waals surface area (Å²) >= 11 is 0. The first-order valence-corrected chi connectivity index (χ1v) is 10.7. The van der Waals surface area contributed by atoms with Crippen molar-refractivity contribution in [2.75, 3.05) is 0 Å². The fraction of sp³-hybridized carbons (Fsp3) is 0.550. The van der Waals surface area contributed by atoms with Gasteiger partial charge in [0.1, 0.15) is 18.1 Å². The average molecular weight is 498 g/mol. The molecule has 0 saturated carbocycles. The highest BCUT2D eigenvalue weighted by molar-refractivity contribution is 5.96. The van der Waals surface area contributed by atoms with Gasteiger partial charge in [-0.15, -0.1) is 0 Å². The Hall–Kier alpha value is -4.01. The predicted octanol–water partition coefficient (Wildman–Crippen LogP) is -2.19. The van der Waals surface area contributed by atoms with E-state index in [1.807, 2.05) is 5.32 Å². The number of H-pyrrole nitrogens is 1. The molecule has 0 radical (unpaired) electrons. The van der Waals surface area contributed by atoms with Crippen molar-refractivity contribution < 1.29 is 44.1 Å². The Morgan fingerprint density at radius 1 is 0.943 bits per heavy atom. The fourth-order valence-electron chi connectivity index (χ4n) is 2.98. The van der Waals surface area contributed by atoms with Gasteiger partial charge in [-0.3, -0.25) is 24.0 Å². The lowest BCUT2D eigenvalue weighted by atomic mass is 9.97. The second-order valence-electron chi connectivity index (χ2n) is 7.92. The Morgan fingerprint density at radius 3 is 2.00 bits per heavy atom. The molecule has 5 atom stereocenters. The van der Waals surface area contributed by atoms with Crippen molar-refractivity contribution >= 4 is 35.6 Å². The third-order valence-electron chi connectivity index (χ3n) is 5.13. The van der Waals surface area contributed by atoms with Crippen molar-refractivity contribution in [1.29, 1.82) is 0 Å². The quantitative estimate of drug-likeness (QED) is 0.129. The normalized spacial score (nSPS) is 15.1. The molecule has 0 aliphatic carbocycles. The van der Waals surface area contributed by atoms with E-state index in [1.165, 1.54) is 12.5 Å². The number of aromatic nitrogens is 2. The molecule has 0 aromatic carbocycles. The third-order valence-corrected chi connectivity index (χ3v) is 5.13. The number of nitrogens with two attached hydrogens (primary N) is 1. The van der Waals surface area contributed by atoms with Crippen molar-refractivity contribution in [2.24, 2.45) is 11.7 Å². The Labute approximate surface area is 199 Å². The molecule has 9 N–H and O–H groups in total. The lowest BCUT2D eigenvalue weighted by molar-refractivity contribution is -0.148. The van der Waals surface area contributed by atoms with Gasteiger partial charge in [-0.05, 0) is 5.92 Å². The van der Waals surface area contributed by atoms with Gasteiger partial charge in [-0.2, -0.15) is 0 Å². The van der Waals surface area contributed by atoms with E-state index in [2.05, 4.69) is 20.6 Å². The first kappa shape index (κ1) is 29.0. The number of hydrogen-bond donors (Lipinski definition) is 8. The number of carbonyl (C=O) groups is 6. The fourth-order valence-corrected chi connectivity index (χ4v) is 2.98. The maximum absolute atomic E-state index is 12.9. The number of nitrogens with zero attached hydrogens (tertiary/aromatic N) is 1. The van der Waals surface area contributed by atoms with Crippen LogP contribution in [0.1, 0.15) is 38.8 Å². The lowest BCUT2D eigenvalue weighted by Crippen LogP contribution is -2.59. The van der Waals surface area contributed by atoms with Crippen molar-refractivity contribution in [3.8, 4) is 0 Å². The van der Waals surface area contributed by atoms with E-state index in [0.29, 0.717) is 12.1 Å². The molecule has 0 aliphatic rings. The van der Waals surface area contributed by atoms with Crippen LogP contribution in [-0.2, 0) is 35.2 Å². The van der Waals surface area contributed by atoms with Crippen LogP contribution in [0.25, 0.3) is 0 Å². The Morgan fingerprint density at radius 2 is 1.51 bits per heavy atom. The highest BCUT2D eigenvalue weighted by Gasteiger charge is 2.34. The average Bonchev–Trinajstić information content (AvgIpc) is 3.27. The van der Waals surface area contributed by atoms with Gasteiger partial charge < -0.3 is 42.0 Å². The minimum absolute atomic E-state index is 0.102. The SMILES string of the molecule is CCC(C)C(NC(=O)C(N)Cc1cnc[nH]1)C(=O)NC(CC(=O)O)C(=O)NC(CC(=O)O)C(=O)O. The zero-order chi connectivity index (χ0) is 26.7. The maximum Gasteiger partial charge on any atom is 0.326 e. The number of hydrogen-bond acceptors (Lipinski definition) is 8. The molecule has 0 bridgehead atoms. The number of rotatable bonds is 15. The van der Waals surface area contributed by atoms with Crippen LogP contribution in [0.2, 0.25) is 0 Å². The molecule has 1 heterocycles. The first-order valence-electron chi connectivity index (χ1n) is 10.7. The predicted molar refractivity (Wildman–Crippen MR) is 118 cm³/mol. The molecular weight excluding hydrogens is 468 g/mol. The van der Waals surface area contributed by atoms with E-state index in [1.54, 1.807) is 13.8 Å². The maximum atomic E-state index is 12.9. The summed E-state index contributed by atoms with van der Waals surface area (Å²) in [6.45, 7) is 3.39. The molecule has 1 rings (SSSR count). The Kier molecular flexibility index (Phi) is 11.3. The van der Waals surface area contributed by atoms with Gasteiger partial charge in [-0.1, -0.05) is 20.3 Å². The Balaban J connectivity index is 2.99. The highest BCUT2D eigenvalue weighted by Crippen LogP contribution is 2.10. The number of nitrogens with one attached hydrogen (secondary N) is 4. The van der Waals surface area contributed by atoms with Gasteiger partial charge in [0.2, 0.25) is 17.7 Å². The third kappa shape index (κ3) is 9.79. The minimum atomic E-state index is -1.85. The van der Waals surface area contributed by atoms with E-state index in [4.69, 9.17) is 21.1 Å². The number of aliphatic carboxylic acids is 3. The van der Waals surface area contributed by atoms with E-state index in [9.17, 15) is 28.8 Å². The summed E-state index contributed by atoms with van der Waals surface area (Å²) in [6.07, 6.45) is 1.53. The van der Waals surface area contributed by atoms with Crippen molar-refractivity contribution in [3.05, 3.63) is 18.2 Å². The van der Waals surface area contributed by atoms with Crippen LogP contribution in [0.15, 0.2) is 12.5 Å². The molecule has 0 fully saturated rings. The summed E-state index contributed by atoms with van der Waals surface area (Å²) in [4.78, 5) is 78.0. The molecule has 15 heteroatoms. The molecule has 1 aromatic heterocycles. The molecule has 5 unspecified atom stereocenters. The molecule has 1 aromatic rings. The molecular formula is C20H30N6O9. The van der Waals surface area contributed by atoms with Crippen molar-refractivity contribution in [1.82, 2.24) is 25.9 Å². The van der Waals surface area contributed by atoms with Gasteiger partial charge in [0.15, 0.2) is 0 Å². The minimum Gasteiger partial charge on any atom is -0.481 e.